The Hall–Kier alpha value is -3.57. The molecular weight excluding hydrogens is 416 g/mol. The van der Waals surface area contributed by atoms with Crippen LogP contribution in [0.3, 0.4) is 0 Å². The molecule has 0 spiro atoms. The van der Waals surface area contributed by atoms with Crippen molar-refractivity contribution in [1.29, 1.82) is 0 Å². The average molecular weight is 445 g/mol. The Kier molecular flexibility index (Phi) is 7.43. The largest absolute Gasteiger partial charge is 0.478 e. The zero-order chi connectivity index (χ0) is 23.0. The van der Waals surface area contributed by atoms with Crippen molar-refractivity contribution in [1.82, 2.24) is 0 Å². The minimum absolute atomic E-state index is 0.186. The van der Waals surface area contributed by atoms with Gasteiger partial charge in [0.25, 0.3) is 0 Å². The highest BCUT2D eigenvalue weighted by Gasteiger charge is 2.19. The SMILES string of the molecule is COC(=O)COc1cccc2c(CC(O)CCC(c3ccccc3)c3ccccc3)coc12. The highest BCUT2D eigenvalue weighted by Crippen LogP contribution is 2.33. The second kappa shape index (κ2) is 10.8. The number of hydrogen-bond acceptors (Lipinski definition) is 5. The number of carbonyl (C=O) groups excluding carboxylic acids is 1. The van der Waals surface area contributed by atoms with Crippen LogP contribution in [0.25, 0.3) is 11.0 Å². The molecule has 1 aromatic heterocycles. The lowest BCUT2D eigenvalue weighted by Gasteiger charge is -2.20. The lowest BCUT2D eigenvalue weighted by Crippen LogP contribution is -2.13. The number of esters is 1. The van der Waals surface area contributed by atoms with Gasteiger partial charge in [0.05, 0.1) is 19.5 Å². The number of aliphatic hydroxyl groups excluding tert-OH is 1. The molecule has 1 N–H and O–H groups in total. The van der Waals surface area contributed by atoms with Crippen molar-refractivity contribution in [3.63, 3.8) is 0 Å². The lowest BCUT2D eigenvalue weighted by molar-refractivity contribution is -0.142. The average Bonchev–Trinajstić information content (AvgIpc) is 3.27. The summed E-state index contributed by atoms with van der Waals surface area (Å²) in [6.07, 6.45) is 3.10. The highest BCUT2D eigenvalue weighted by atomic mass is 16.6. The zero-order valence-corrected chi connectivity index (χ0v) is 18.6. The zero-order valence-electron chi connectivity index (χ0n) is 18.6. The molecule has 0 saturated heterocycles. The van der Waals surface area contributed by atoms with Gasteiger partial charge >= 0.3 is 5.97 Å². The fourth-order valence-electron chi connectivity index (χ4n) is 4.16. The number of para-hydroxylation sites is 1. The Morgan fingerprint density at radius 1 is 0.909 bits per heavy atom. The molecular formula is C28H28O5. The number of fused-ring (bicyclic) bond motifs is 1. The van der Waals surface area contributed by atoms with Crippen molar-refractivity contribution < 1.29 is 23.8 Å². The molecule has 0 aliphatic heterocycles. The second-order valence-corrected chi connectivity index (χ2v) is 8.07. The maximum Gasteiger partial charge on any atom is 0.343 e. The number of furan rings is 1. The van der Waals surface area contributed by atoms with Crippen molar-refractivity contribution in [2.45, 2.75) is 31.3 Å². The first-order valence-electron chi connectivity index (χ1n) is 11.1. The maximum atomic E-state index is 11.4. The molecule has 5 nitrogen and oxygen atoms in total. The van der Waals surface area contributed by atoms with E-state index in [1.807, 2.05) is 24.3 Å². The van der Waals surface area contributed by atoms with E-state index in [9.17, 15) is 9.90 Å². The van der Waals surface area contributed by atoms with Crippen LogP contribution >= 0.6 is 0 Å². The minimum atomic E-state index is -0.514. The molecule has 0 amide bonds. The van der Waals surface area contributed by atoms with E-state index in [0.29, 0.717) is 24.2 Å². The number of carbonyl (C=O) groups is 1. The molecule has 170 valence electrons. The fourth-order valence-corrected chi connectivity index (χ4v) is 4.16. The van der Waals surface area contributed by atoms with Gasteiger partial charge in [-0.2, -0.15) is 0 Å². The van der Waals surface area contributed by atoms with Gasteiger partial charge in [0.2, 0.25) is 0 Å². The molecule has 3 aromatic carbocycles. The van der Waals surface area contributed by atoms with E-state index in [2.05, 4.69) is 53.3 Å². The molecule has 1 atom stereocenters. The molecule has 4 aromatic rings. The van der Waals surface area contributed by atoms with Crippen molar-refractivity contribution in [3.05, 3.63) is 102 Å². The highest BCUT2D eigenvalue weighted by molar-refractivity contribution is 5.86. The molecule has 0 aliphatic carbocycles. The predicted octanol–water partition coefficient (Wildman–Crippen LogP) is 5.50. The van der Waals surface area contributed by atoms with E-state index in [-0.39, 0.29) is 12.5 Å². The van der Waals surface area contributed by atoms with Gasteiger partial charge in [-0.25, -0.2) is 4.79 Å². The van der Waals surface area contributed by atoms with Gasteiger partial charge in [-0.1, -0.05) is 72.8 Å². The Balaban J connectivity index is 1.45. The Bertz CT molecular complexity index is 1130. The maximum absolute atomic E-state index is 11.4. The predicted molar refractivity (Wildman–Crippen MR) is 127 cm³/mol. The molecule has 0 aliphatic rings. The molecule has 0 fully saturated rings. The molecule has 4 rings (SSSR count). The number of rotatable bonds is 10. The third-order valence-corrected chi connectivity index (χ3v) is 5.87. The van der Waals surface area contributed by atoms with Crippen LogP contribution < -0.4 is 4.74 Å². The van der Waals surface area contributed by atoms with E-state index in [1.54, 1.807) is 12.3 Å². The van der Waals surface area contributed by atoms with Gasteiger partial charge in [-0.05, 0) is 30.0 Å². The monoisotopic (exact) mass is 444 g/mol. The first-order chi connectivity index (χ1) is 16.2. The summed E-state index contributed by atoms with van der Waals surface area (Å²) in [6.45, 7) is -0.186. The van der Waals surface area contributed by atoms with Crippen LogP contribution in [0, 0.1) is 0 Å². The van der Waals surface area contributed by atoms with E-state index in [0.717, 1.165) is 17.4 Å². The molecule has 0 saturated carbocycles. The first-order valence-corrected chi connectivity index (χ1v) is 11.1. The van der Waals surface area contributed by atoms with Gasteiger partial charge in [0.1, 0.15) is 0 Å². The van der Waals surface area contributed by atoms with Crippen molar-refractivity contribution in [3.8, 4) is 5.75 Å². The van der Waals surface area contributed by atoms with E-state index in [4.69, 9.17) is 9.15 Å². The minimum Gasteiger partial charge on any atom is -0.478 e. The Morgan fingerprint density at radius 2 is 1.58 bits per heavy atom. The first kappa shape index (κ1) is 22.6. The van der Waals surface area contributed by atoms with E-state index >= 15 is 0 Å². The summed E-state index contributed by atoms with van der Waals surface area (Å²) in [5, 5.41) is 11.7. The Labute approximate surface area is 193 Å². The van der Waals surface area contributed by atoms with Crippen LogP contribution in [-0.2, 0) is 16.0 Å². The summed E-state index contributed by atoms with van der Waals surface area (Å²) in [4.78, 5) is 11.4. The molecule has 1 unspecified atom stereocenters. The second-order valence-electron chi connectivity index (χ2n) is 8.07. The number of methoxy groups -OCH3 is 1. The van der Waals surface area contributed by atoms with Crippen LogP contribution in [0.2, 0.25) is 0 Å². The van der Waals surface area contributed by atoms with Crippen LogP contribution in [0.5, 0.6) is 5.75 Å². The van der Waals surface area contributed by atoms with Crippen molar-refractivity contribution in [2.24, 2.45) is 0 Å². The number of benzene rings is 3. The molecule has 0 radical (unpaired) electrons. The van der Waals surface area contributed by atoms with Gasteiger partial charge in [0.15, 0.2) is 17.9 Å². The quantitative estimate of drug-likeness (QED) is 0.327. The smallest absolute Gasteiger partial charge is 0.343 e. The Morgan fingerprint density at radius 3 is 2.21 bits per heavy atom. The lowest BCUT2D eigenvalue weighted by atomic mass is 9.86. The summed E-state index contributed by atoms with van der Waals surface area (Å²) in [7, 11) is 1.32. The van der Waals surface area contributed by atoms with Crippen LogP contribution in [0.15, 0.2) is 89.5 Å². The fraction of sp³-hybridized carbons (Fsp3) is 0.250. The van der Waals surface area contributed by atoms with Gasteiger partial charge < -0.3 is 19.0 Å². The molecule has 1 heterocycles. The van der Waals surface area contributed by atoms with Crippen molar-refractivity contribution >= 4 is 16.9 Å². The van der Waals surface area contributed by atoms with Crippen LogP contribution in [-0.4, -0.2) is 30.9 Å². The third kappa shape index (κ3) is 5.62. The van der Waals surface area contributed by atoms with Gasteiger partial charge in [-0.15, -0.1) is 0 Å². The summed E-state index contributed by atoms with van der Waals surface area (Å²) < 4.78 is 15.9. The van der Waals surface area contributed by atoms with Crippen molar-refractivity contribution in [2.75, 3.05) is 13.7 Å². The third-order valence-electron chi connectivity index (χ3n) is 5.87. The molecule has 0 bridgehead atoms. The van der Waals surface area contributed by atoms with E-state index in [1.165, 1.54) is 18.2 Å². The topological polar surface area (TPSA) is 68.9 Å². The molecule has 33 heavy (non-hydrogen) atoms. The normalized spacial score (nSPS) is 12.1. The van der Waals surface area contributed by atoms with Gasteiger partial charge in [0, 0.05) is 23.3 Å². The van der Waals surface area contributed by atoms with Crippen LogP contribution in [0.4, 0.5) is 0 Å². The summed E-state index contributed by atoms with van der Waals surface area (Å²) in [5.74, 6) is 0.244. The van der Waals surface area contributed by atoms with Crippen LogP contribution in [0.1, 0.15) is 35.4 Å². The number of aliphatic hydroxyl groups is 1. The summed E-state index contributed by atoms with van der Waals surface area (Å²) >= 11 is 0. The van der Waals surface area contributed by atoms with Gasteiger partial charge in [-0.3, -0.25) is 0 Å². The summed E-state index contributed by atoms with van der Waals surface area (Å²) in [5.41, 5.74) is 3.97. The standard InChI is InChI=1S/C28H28O5/c1-31-27(30)19-32-26-14-8-13-25-22(18-33-28(25)26)17-23(29)15-16-24(20-9-4-2-5-10-20)21-11-6-3-7-12-21/h2-14,18,23-24,29H,15-17,19H2,1H3. The number of hydrogen-bond donors (Lipinski definition) is 1. The summed E-state index contributed by atoms with van der Waals surface area (Å²) in [6, 6.07) is 26.4. The molecule has 5 heteroatoms. The van der Waals surface area contributed by atoms with E-state index < -0.39 is 12.1 Å². The number of ether oxygens (including phenoxy) is 2.